The molecule has 8 heteroatoms. The summed E-state index contributed by atoms with van der Waals surface area (Å²) >= 11 is 0. The molecule has 0 fully saturated rings. The molecule has 0 aromatic rings. The van der Waals surface area contributed by atoms with E-state index in [1.807, 2.05) is 0 Å². The summed E-state index contributed by atoms with van der Waals surface area (Å²) in [6.07, 6.45) is 2.17. The van der Waals surface area contributed by atoms with Crippen molar-refractivity contribution < 1.29 is 9.85 Å². The SMILES string of the molecule is CN1C=C([N+](=O)[O-])C(C#N)C([N+](=O)[O-])=C1. The van der Waals surface area contributed by atoms with E-state index in [2.05, 4.69) is 0 Å². The van der Waals surface area contributed by atoms with E-state index in [4.69, 9.17) is 5.26 Å². The van der Waals surface area contributed by atoms with Crippen LogP contribution in [0.2, 0.25) is 0 Å². The van der Waals surface area contributed by atoms with Crippen LogP contribution in [0.4, 0.5) is 0 Å². The zero-order chi connectivity index (χ0) is 11.6. The zero-order valence-electron chi connectivity index (χ0n) is 7.65. The van der Waals surface area contributed by atoms with E-state index >= 15 is 0 Å². The molecule has 0 atom stereocenters. The molecule has 8 nitrogen and oxygen atoms in total. The van der Waals surface area contributed by atoms with Crippen molar-refractivity contribution in [3.8, 4) is 6.07 Å². The van der Waals surface area contributed by atoms with Crippen molar-refractivity contribution in [1.82, 2.24) is 4.90 Å². The van der Waals surface area contributed by atoms with Crippen LogP contribution >= 0.6 is 0 Å². The Hall–Kier alpha value is -2.43. The van der Waals surface area contributed by atoms with Gasteiger partial charge in [-0.05, 0) is 0 Å². The molecule has 0 aromatic heterocycles. The van der Waals surface area contributed by atoms with E-state index in [1.165, 1.54) is 11.9 Å². The summed E-state index contributed by atoms with van der Waals surface area (Å²) in [5.41, 5.74) is -0.983. The topological polar surface area (TPSA) is 113 Å². The van der Waals surface area contributed by atoms with Gasteiger partial charge in [0.2, 0.25) is 5.92 Å². The van der Waals surface area contributed by atoms with E-state index in [1.54, 1.807) is 6.07 Å². The van der Waals surface area contributed by atoms with Gasteiger partial charge in [0.05, 0.1) is 28.3 Å². The maximum absolute atomic E-state index is 10.5. The van der Waals surface area contributed by atoms with Gasteiger partial charge in [-0.2, -0.15) is 5.26 Å². The van der Waals surface area contributed by atoms with Gasteiger partial charge in [0.15, 0.2) is 0 Å². The first-order valence-corrected chi connectivity index (χ1v) is 3.81. The molecule has 78 valence electrons. The monoisotopic (exact) mass is 210 g/mol. The second kappa shape index (κ2) is 3.75. The number of nitrogens with zero attached hydrogens (tertiary/aromatic N) is 4. The highest BCUT2D eigenvalue weighted by Crippen LogP contribution is 2.25. The second-order valence-corrected chi connectivity index (χ2v) is 2.85. The molecule has 1 heterocycles. The zero-order valence-corrected chi connectivity index (χ0v) is 7.65. The van der Waals surface area contributed by atoms with Crippen molar-refractivity contribution in [1.29, 1.82) is 5.26 Å². The highest BCUT2D eigenvalue weighted by molar-refractivity contribution is 5.24. The quantitative estimate of drug-likeness (QED) is 0.478. The van der Waals surface area contributed by atoms with Gasteiger partial charge in [0, 0.05) is 7.05 Å². The average Bonchev–Trinajstić information content (AvgIpc) is 2.16. The lowest BCUT2D eigenvalue weighted by Gasteiger charge is -2.15. The summed E-state index contributed by atoms with van der Waals surface area (Å²) in [5.74, 6) is -1.42. The molecule has 0 aliphatic carbocycles. The molecule has 0 N–H and O–H groups in total. The van der Waals surface area contributed by atoms with Crippen LogP contribution in [0.5, 0.6) is 0 Å². The fourth-order valence-corrected chi connectivity index (χ4v) is 1.19. The minimum absolute atomic E-state index is 0.491. The molecule has 1 aliphatic rings. The Kier molecular flexibility index (Phi) is 2.66. The molecule has 1 aliphatic heterocycles. The van der Waals surface area contributed by atoms with Crippen molar-refractivity contribution in [2.24, 2.45) is 5.92 Å². The number of hydrogen-bond donors (Lipinski definition) is 0. The molecule has 0 radical (unpaired) electrons. The second-order valence-electron chi connectivity index (χ2n) is 2.85. The first kappa shape index (κ1) is 10.6. The van der Waals surface area contributed by atoms with Crippen LogP contribution in [-0.2, 0) is 0 Å². The number of rotatable bonds is 2. The highest BCUT2D eigenvalue weighted by Gasteiger charge is 2.39. The molecule has 0 saturated carbocycles. The summed E-state index contributed by atoms with van der Waals surface area (Å²) in [6, 6.07) is 1.54. The Bertz CT molecular complexity index is 387. The number of nitriles is 1. The van der Waals surface area contributed by atoms with Crippen LogP contribution in [-0.4, -0.2) is 21.8 Å². The molecule has 1 rings (SSSR count). The van der Waals surface area contributed by atoms with Crippen LogP contribution in [0.1, 0.15) is 0 Å². The summed E-state index contributed by atoms with van der Waals surface area (Å²) < 4.78 is 0. The van der Waals surface area contributed by atoms with Crippen molar-refractivity contribution in [2.75, 3.05) is 7.05 Å². The van der Waals surface area contributed by atoms with Crippen LogP contribution in [0, 0.1) is 37.5 Å². The van der Waals surface area contributed by atoms with E-state index in [0.717, 1.165) is 12.4 Å². The third-order valence-electron chi connectivity index (χ3n) is 1.81. The molecule has 0 spiro atoms. The lowest BCUT2D eigenvalue weighted by Crippen LogP contribution is -2.25. The summed E-state index contributed by atoms with van der Waals surface area (Å²) in [6.45, 7) is 0. The fourth-order valence-electron chi connectivity index (χ4n) is 1.19. The minimum Gasteiger partial charge on any atom is -0.346 e. The van der Waals surface area contributed by atoms with E-state index in [9.17, 15) is 20.2 Å². The molecule has 0 bridgehead atoms. The molecule has 0 amide bonds. The molecular formula is C7H6N4O4. The van der Waals surface area contributed by atoms with Crippen molar-refractivity contribution in [3.63, 3.8) is 0 Å². The summed E-state index contributed by atoms with van der Waals surface area (Å²) in [4.78, 5) is 20.7. The molecular weight excluding hydrogens is 204 g/mol. The Morgan fingerprint density at radius 2 is 1.73 bits per heavy atom. The Morgan fingerprint density at radius 1 is 1.33 bits per heavy atom. The van der Waals surface area contributed by atoms with Gasteiger partial charge in [0.1, 0.15) is 0 Å². The minimum atomic E-state index is -1.42. The molecule has 0 unspecified atom stereocenters. The van der Waals surface area contributed by atoms with Crippen molar-refractivity contribution >= 4 is 0 Å². The third kappa shape index (κ3) is 1.91. The fraction of sp³-hybridized carbons (Fsp3) is 0.286. The van der Waals surface area contributed by atoms with Gasteiger partial charge in [-0.3, -0.25) is 20.2 Å². The average molecular weight is 210 g/mol. The van der Waals surface area contributed by atoms with Gasteiger partial charge in [-0.15, -0.1) is 0 Å². The van der Waals surface area contributed by atoms with Gasteiger partial charge < -0.3 is 4.90 Å². The predicted molar refractivity (Wildman–Crippen MR) is 47.0 cm³/mol. The summed E-state index contributed by atoms with van der Waals surface area (Å²) in [5, 5.41) is 29.8. The number of hydrogen-bond acceptors (Lipinski definition) is 6. The van der Waals surface area contributed by atoms with Crippen LogP contribution in [0.3, 0.4) is 0 Å². The first-order chi connectivity index (χ1) is 6.97. The Morgan fingerprint density at radius 3 is 2.00 bits per heavy atom. The lowest BCUT2D eigenvalue weighted by atomic mass is 10.0. The van der Waals surface area contributed by atoms with Gasteiger partial charge >= 0.3 is 0 Å². The normalized spacial score (nSPS) is 16.4. The van der Waals surface area contributed by atoms with E-state index in [-0.39, 0.29) is 0 Å². The largest absolute Gasteiger partial charge is 0.346 e. The van der Waals surface area contributed by atoms with Crippen molar-refractivity contribution in [3.05, 3.63) is 44.0 Å². The maximum atomic E-state index is 10.5. The Balaban J connectivity index is 3.20. The number of nitro groups is 2. The molecule has 15 heavy (non-hydrogen) atoms. The molecule has 0 saturated heterocycles. The Labute approximate surface area is 84.0 Å². The van der Waals surface area contributed by atoms with E-state index in [0.29, 0.717) is 0 Å². The molecule has 0 aromatic carbocycles. The standard InChI is InChI=1S/C7H6N4O4/c1-9-3-6(10(12)13)5(2-8)7(4-9)11(14)15/h3-5H,1H3. The van der Waals surface area contributed by atoms with Crippen LogP contribution in [0.25, 0.3) is 0 Å². The first-order valence-electron chi connectivity index (χ1n) is 3.81. The van der Waals surface area contributed by atoms with Crippen LogP contribution in [0.15, 0.2) is 23.8 Å². The highest BCUT2D eigenvalue weighted by atomic mass is 16.6. The van der Waals surface area contributed by atoms with Gasteiger partial charge in [-0.25, -0.2) is 0 Å². The van der Waals surface area contributed by atoms with Crippen molar-refractivity contribution in [2.45, 2.75) is 0 Å². The van der Waals surface area contributed by atoms with Gasteiger partial charge in [-0.1, -0.05) is 0 Å². The lowest BCUT2D eigenvalue weighted by molar-refractivity contribution is -0.459. The maximum Gasteiger partial charge on any atom is 0.290 e. The van der Waals surface area contributed by atoms with Gasteiger partial charge in [0.25, 0.3) is 11.4 Å². The van der Waals surface area contributed by atoms with Crippen LogP contribution < -0.4 is 0 Å². The summed E-state index contributed by atoms with van der Waals surface area (Å²) in [7, 11) is 1.42. The third-order valence-corrected chi connectivity index (χ3v) is 1.81. The smallest absolute Gasteiger partial charge is 0.290 e. The van der Waals surface area contributed by atoms with E-state index < -0.39 is 27.2 Å². The predicted octanol–water partition coefficient (Wildman–Crippen LogP) is 0.308.